The zero-order chi connectivity index (χ0) is 33.3. The summed E-state index contributed by atoms with van der Waals surface area (Å²) in [6.45, 7) is 8.00. The van der Waals surface area contributed by atoms with Crippen molar-refractivity contribution in [1.29, 1.82) is 0 Å². The summed E-state index contributed by atoms with van der Waals surface area (Å²) in [5.41, 5.74) is 4.02. The minimum atomic E-state index is -0.428. The smallest absolute Gasteiger partial charge is 0.255 e. The number of carbonyl (C=O) groups is 3. The molecule has 0 radical (unpaired) electrons. The summed E-state index contributed by atoms with van der Waals surface area (Å²) in [6.07, 6.45) is 1.69. The number of furan rings is 1. The molecule has 3 aromatic carbocycles. The van der Waals surface area contributed by atoms with Crippen LogP contribution in [0.3, 0.4) is 0 Å². The number of anilines is 1. The van der Waals surface area contributed by atoms with E-state index in [4.69, 9.17) is 14.0 Å². The van der Waals surface area contributed by atoms with Crippen LogP contribution in [0.15, 0.2) is 77.3 Å². The molecule has 6 rings (SSSR count). The fraction of sp³-hybridized carbons (Fsp3) is 0.147. The number of hydrogen-bond donors (Lipinski definition) is 1. The van der Waals surface area contributed by atoms with Gasteiger partial charge in [0, 0.05) is 66.7 Å². The number of rotatable bonds is 5. The van der Waals surface area contributed by atoms with Crippen LogP contribution in [0.2, 0.25) is 0 Å². The van der Waals surface area contributed by atoms with Crippen LogP contribution in [-0.4, -0.2) is 50.6 Å². The van der Waals surface area contributed by atoms with Crippen LogP contribution in [0.5, 0.6) is 0 Å². The van der Waals surface area contributed by atoms with Crippen molar-refractivity contribution in [3.05, 3.63) is 90.1 Å². The van der Waals surface area contributed by atoms with E-state index in [2.05, 4.69) is 15.3 Å². The summed E-state index contributed by atoms with van der Waals surface area (Å²) in [4.78, 5) is 40.6. The minimum Gasteiger partial charge on any atom is -0.455 e. The molecule has 0 saturated carbocycles. The Kier molecular flexibility index (Phi) is 11.7. The average Bonchev–Trinajstić information content (AvgIpc) is 3.68. The highest BCUT2D eigenvalue weighted by Gasteiger charge is 2.25. The number of fused-ring (bicyclic) bond motifs is 2. The van der Waals surface area contributed by atoms with Crippen molar-refractivity contribution in [2.24, 2.45) is 0 Å². The molecular weight excluding hydrogens is 598 g/mol. The fourth-order valence-corrected chi connectivity index (χ4v) is 5.59. The van der Waals surface area contributed by atoms with Gasteiger partial charge in [0.25, 0.3) is 5.91 Å². The molecule has 0 aliphatic rings. The Morgan fingerprint density at radius 2 is 1.58 bits per heavy atom. The zero-order valence-electron chi connectivity index (χ0n) is 25.5. The number of nitrogens with one attached hydrogen (secondary N) is 1. The van der Waals surface area contributed by atoms with Crippen LogP contribution in [0.1, 0.15) is 24.2 Å². The molecule has 3 heterocycles. The third-order valence-corrected chi connectivity index (χ3v) is 7.55. The van der Waals surface area contributed by atoms with Crippen LogP contribution in [0.4, 0.5) is 14.5 Å². The molecule has 6 aromatic rings. The molecule has 0 aliphatic heterocycles. The number of amides is 1. The summed E-state index contributed by atoms with van der Waals surface area (Å²) in [6, 6.07) is 18.1. The van der Waals surface area contributed by atoms with Gasteiger partial charge in [-0.1, -0.05) is 37.3 Å². The Balaban J connectivity index is 0.000000870. The molecule has 0 unspecified atom stereocenters. The second kappa shape index (κ2) is 15.4. The van der Waals surface area contributed by atoms with Gasteiger partial charge in [-0.15, -0.1) is 0 Å². The third kappa shape index (κ3) is 6.78. The molecule has 11 heteroatoms. The first-order valence-corrected chi connectivity index (χ1v) is 14.5. The number of hydrogen-bond acceptors (Lipinski definition) is 8. The van der Waals surface area contributed by atoms with E-state index < -0.39 is 11.6 Å². The lowest BCUT2D eigenvalue weighted by molar-refractivity contribution is -0.0987. The van der Waals surface area contributed by atoms with Crippen LogP contribution < -0.4 is 10.2 Å². The second-order valence-electron chi connectivity index (χ2n) is 9.17. The van der Waals surface area contributed by atoms with Gasteiger partial charge in [-0.25, -0.2) is 18.7 Å². The van der Waals surface area contributed by atoms with Crippen molar-refractivity contribution < 1.29 is 27.6 Å². The number of carbonyl (C=O) groups excluding carboxylic acids is 3. The van der Waals surface area contributed by atoms with E-state index in [1.165, 1.54) is 30.5 Å². The molecule has 0 spiro atoms. The van der Waals surface area contributed by atoms with Gasteiger partial charge >= 0.3 is 0 Å². The number of halogens is 2. The molecule has 45 heavy (non-hydrogen) atoms. The van der Waals surface area contributed by atoms with Crippen molar-refractivity contribution >= 4 is 57.8 Å². The van der Waals surface area contributed by atoms with E-state index in [-0.39, 0.29) is 5.91 Å². The number of thiazole rings is 1. The normalized spacial score (nSPS) is 10.1. The Morgan fingerprint density at radius 1 is 0.911 bits per heavy atom. The number of aromatic nitrogens is 2. The van der Waals surface area contributed by atoms with E-state index >= 15 is 4.39 Å². The van der Waals surface area contributed by atoms with Gasteiger partial charge < -0.3 is 24.2 Å². The molecule has 1 N–H and O–H groups in total. The van der Waals surface area contributed by atoms with Gasteiger partial charge in [0.05, 0.1) is 5.56 Å². The first-order valence-electron chi connectivity index (χ1n) is 13.7. The highest BCUT2D eigenvalue weighted by Crippen LogP contribution is 2.43. The van der Waals surface area contributed by atoms with Crippen LogP contribution in [-0.2, 0) is 9.59 Å². The summed E-state index contributed by atoms with van der Waals surface area (Å²) in [5, 5.41) is 3.71. The molecule has 0 fully saturated rings. The van der Waals surface area contributed by atoms with Crippen molar-refractivity contribution in [3.8, 4) is 33.0 Å². The summed E-state index contributed by atoms with van der Waals surface area (Å²) in [5.74, 6) is -0.884. The quantitative estimate of drug-likeness (QED) is 0.207. The van der Waals surface area contributed by atoms with Crippen molar-refractivity contribution in [3.63, 3.8) is 0 Å². The average molecular weight is 631 g/mol. The standard InChI is InChI=1S/C30H22F2N4O2S.C2H6.2CH2O/c1-33-28(37)25-21-14-20(23(36(2)3)15-24(21)38-27(25)16-9-11-17(31)12-10-16)18-6-4-7-19(26(18)32)29-35-22-8-5-13-34-30(22)39-29;3*1-2/h4-15H,1-3H3,(H,33,37);1-2H3;2*1H2. The van der Waals surface area contributed by atoms with Crippen LogP contribution in [0.25, 0.3) is 54.3 Å². The fourth-order valence-electron chi connectivity index (χ4n) is 4.66. The predicted octanol–water partition coefficient (Wildman–Crippen LogP) is 7.80. The molecule has 0 bridgehead atoms. The first-order chi connectivity index (χ1) is 21.9. The maximum atomic E-state index is 16.2. The van der Waals surface area contributed by atoms with Gasteiger partial charge in [0.1, 0.15) is 51.9 Å². The monoisotopic (exact) mass is 630 g/mol. The van der Waals surface area contributed by atoms with Crippen molar-refractivity contribution in [2.75, 3.05) is 26.0 Å². The van der Waals surface area contributed by atoms with E-state index in [9.17, 15) is 9.18 Å². The topological polar surface area (TPSA) is 105 Å². The molecule has 0 saturated heterocycles. The Labute approximate surface area is 263 Å². The lowest BCUT2D eigenvalue weighted by atomic mass is 9.96. The second-order valence-corrected chi connectivity index (χ2v) is 10.1. The lowest BCUT2D eigenvalue weighted by Gasteiger charge is -2.19. The predicted molar refractivity (Wildman–Crippen MR) is 177 cm³/mol. The minimum absolute atomic E-state index is 0.291. The third-order valence-electron chi connectivity index (χ3n) is 6.53. The van der Waals surface area contributed by atoms with Crippen LogP contribution >= 0.6 is 11.3 Å². The Hall–Kier alpha value is -5.29. The maximum absolute atomic E-state index is 16.2. The number of pyridine rings is 1. The van der Waals surface area contributed by atoms with E-state index in [0.717, 1.165) is 4.83 Å². The maximum Gasteiger partial charge on any atom is 0.255 e. The lowest BCUT2D eigenvalue weighted by Crippen LogP contribution is -2.18. The van der Waals surface area contributed by atoms with Crippen molar-refractivity contribution in [2.45, 2.75) is 13.8 Å². The highest BCUT2D eigenvalue weighted by atomic mass is 32.1. The molecule has 232 valence electrons. The molecule has 8 nitrogen and oxygen atoms in total. The molecule has 3 aromatic heterocycles. The largest absolute Gasteiger partial charge is 0.455 e. The SMILES string of the molecule is C=O.C=O.CC.CNC(=O)c1c(-c2ccc(F)cc2)oc2cc(N(C)C)c(-c3cccc(-c4nc5cccnc5s4)c3F)cc12. The first kappa shape index (κ1) is 34.2. The van der Waals surface area contributed by atoms with E-state index in [0.29, 0.717) is 60.8 Å². The van der Waals surface area contributed by atoms with Gasteiger partial charge in [0.2, 0.25) is 0 Å². The van der Waals surface area contributed by atoms with Gasteiger partial charge in [-0.05, 0) is 48.5 Å². The van der Waals surface area contributed by atoms with Gasteiger partial charge in [0.15, 0.2) is 0 Å². The molecule has 1 amide bonds. The number of nitrogens with zero attached hydrogens (tertiary/aromatic N) is 3. The van der Waals surface area contributed by atoms with Gasteiger partial charge in [-0.2, -0.15) is 0 Å². The molecule has 0 atom stereocenters. The van der Waals surface area contributed by atoms with Crippen molar-refractivity contribution in [1.82, 2.24) is 15.3 Å². The number of benzene rings is 3. The summed E-state index contributed by atoms with van der Waals surface area (Å²) < 4.78 is 36.0. The molecular formula is C34H32F2N4O4S. The highest BCUT2D eigenvalue weighted by molar-refractivity contribution is 7.21. The van der Waals surface area contributed by atoms with Gasteiger partial charge in [-0.3, -0.25) is 4.79 Å². The molecule has 0 aliphatic carbocycles. The zero-order valence-corrected chi connectivity index (χ0v) is 26.3. The Morgan fingerprint density at radius 3 is 2.20 bits per heavy atom. The Bertz CT molecular complexity index is 1880. The summed E-state index contributed by atoms with van der Waals surface area (Å²) >= 11 is 1.33. The van der Waals surface area contributed by atoms with E-state index in [1.54, 1.807) is 54.7 Å². The van der Waals surface area contributed by atoms with E-state index in [1.807, 2.05) is 52.5 Å². The van der Waals surface area contributed by atoms with Crippen LogP contribution in [0, 0.1) is 11.6 Å². The summed E-state index contributed by atoms with van der Waals surface area (Å²) in [7, 11) is 5.24.